The SMILES string of the molecule is Cc1cc(F)cc(-c2nc(C(N)C(=O)O)cs2)c1. The largest absolute Gasteiger partial charge is 0.480 e. The van der Waals surface area contributed by atoms with Gasteiger partial charge in [-0.05, 0) is 30.7 Å². The lowest BCUT2D eigenvalue weighted by atomic mass is 10.1. The smallest absolute Gasteiger partial charge is 0.326 e. The molecule has 0 aliphatic heterocycles. The summed E-state index contributed by atoms with van der Waals surface area (Å²) in [6, 6.07) is 3.42. The predicted molar refractivity (Wildman–Crippen MR) is 66.8 cm³/mol. The van der Waals surface area contributed by atoms with Crippen molar-refractivity contribution in [3.63, 3.8) is 0 Å². The Morgan fingerprint density at radius 1 is 1.50 bits per heavy atom. The second-order valence-corrected chi connectivity index (χ2v) is 4.77. The van der Waals surface area contributed by atoms with Crippen molar-refractivity contribution in [2.24, 2.45) is 5.73 Å². The van der Waals surface area contributed by atoms with Crippen LogP contribution in [0.3, 0.4) is 0 Å². The molecule has 0 spiro atoms. The molecule has 2 rings (SSSR count). The fraction of sp³-hybridized carbons (Fsp3) is 0.167. The molecule has 0 saturated heterocycles. The fourth-order valence-electron chi connectivity index (χ4n) is 1.55. The summed E-state index contributed by atoms with van der Waals surface area (Å²) < 4.78 is 13.3. The molecule has 18 heavy (non-hydrogen) atoms. The Morgan fingerprint density at radius 3 is 2.83 bits per heavy atom. The monoisotopic (exact) mass is 266 g/mol. The zero-order valence-electron chi connectivity index (χ0n) is 9.55. The van der Waals surface area contributed by atoms with Gasteiger partial charge >= 0.3 is 5.97 Å². The number of hydrogen-bond acceptors (Lipinski definition) is 4. The Bertz CT molecular complexity index is 577. The maximum Gasteiger partial charge on any atom is 0.326 e. The number of halogens is 1. The van der Waals surface area contributed by atoms with Crippen molar-refractivity contribution in [3.05, 3.63) is 40.7 Å². The molecule has 0 saturated carbocycles. The van der Waals surface area contributed by atoms with Crippen LogP contribution < -0.4 is 5.73 Å². The summed E-state index contributed by atoms with van der Waals surface area (Å²) >= 11 is 1.24. The number of benzene rings is 1. The van der Waals surface area contributed by atoms with Crippen LogP contribution in [0.15, 0.2) is 23.6 Å². The molecule has 1 atom stereocenters. The lowest BCUT2D eigenvalue weighted by molar-refractivity contribution is -0.138. The summed E-state index contributed by atoms with van der Waals surface area (Å²) in [5, 5.41) is 10.9. The van der Waals surface area contributed by atoms with E-state index in [0.717, 1.165) is 5.56 Å². The number of nitrogens with two attached hydrogens (primary N) is 1. The van der Waals surface area contributed by atoms with E-state index in [1.807, 2.05) is 0 Å². The van der Waals surface area contributed by atoms with Gasteiger partial charge in [0.25, 0.3) is 0 Å². The average molecular weight is 266 g/mol. The van der Waals surface area contributed by atoms with E-state index in [4.69, 9.17) is 10.8 Å². The first-order valence-electron chi connectivity index (χ1n) is 5.19. The van der Waals surface area contributed by atoms with Gasteiger partial charge in [-0.1, -0.05) is 0 Å². The number of nitrogens with zero attached hydrogens (tertiary/aromatic N) is 1. The van der Waals surface area contributed by atoms with Crippen molar-refractivity contribution < 1.29 is 14.3 Å². The van der Waals surface area contributed by atoms with E-state index >= 15 is 0 Å². The first-order chi connectivity index (χ1) is 8.47. The summed E-state index contributed by atoms with van der Waals surface area (Å²) in [4.78, 5) is 14.9. The highest BCUT2D eigenvalue weighted by molar-refractivity contribution is 7.13. The van der Waals surface area contributed by atoms with Gasteiger partial charge < -0.3 is 10.8 Å². The molecule has 0 aliphatic carbocycles. The van der Waals surface area contributed by atoms with Crippen LogP contribution in [0.25, 0.3) is 10.6 Å². The second kappa shape index (κ2) is 4.83. The van der Waals surface area contributed by atoms with Crippen molar-refractivity contribution in [3.8, 4) is 10.6 Å². The summed E-state index contributed by atoms with van der Waals surface area (Å²) in [6.07, 6.45) is 0. The molecule has 1 heterocycles. The molecule has 94 valence electrons. The zero-order chi connectivity index (χ0) is 13.3. The minimum absolute atomic E-state index is 0.282. The third-order valence-electron chi connectivity index (χ3n) is 2.40. The number of carboxylic acids is 1. The summed E-state index contributed by atoms with van der Waals surface area (Å²) in [5.41, 5.74) is 7.15. The molecule has 6 heteroatoms. The quantitative estimate of drug-likeness (QED) is 0.894. The summed E-state index contributed by atoms with van der Waals surface area (Å²) in [5.74, 6) is -1.48. The van der Waals surface area contributed by atoms with Crippen LogP contribution in [-0.4, -0.2) is 16.1 Å². The normalized spacial score (nSPS) is 12.4. The van der Waals surface area contributed by atoms with Crippen LogP contribution >= 0.6 is 11.3 Å². The van der Waals surface area contributed by atoms with Gasteiger partial charge in [0.2, 0.25) is 0 Å². The first kappa shape index (κ1) is 12.7. The van der Waals surface area contributed by atoms with Crippen LogP contribution in [0.2, 0.25) is 0 Å². The number of carbonyl (C=O) groups is 1. The van der Waals surface area contributed by atoms with Gasteiger partial charge in [-0.15, -0.1) is 11.3 Å². The first-order valence-corrected chi connectivity index (χ1v) is 6.06. The molecular formula is C12H11FN2O2S. The molecule has 4 nitrogen and oxygen atoms in total. The standard InChI is InChI=1S/C12H11FN2O2S/c1-6-2-7(4-8(13)3-6)11-15-9(5-18-11)10(14)12(16)17/h2-5,10H,14H2,1H3,(H,16,17). The number of rotatable bonds is 3. The number of aryl methyl sites for hydroxylation is 1. The van der Waals surface area contributed by atoms with Crippen molar-refractivity contribution in [2.75, 3.05) is 0 Å². The molecular weight excluding hydrogens is 255 g/mol. The number of aromatic nitrogens is 1. The van der Waals surface area contributed by atoms with Crippen LogP contribution in [0.5, 0.6) is 0 Å². The lowest BCUT2D eigenvalue weighted by Gasteiger charge is -2.01. The third-order valence-corrected chi connectivity index (χ3v) is 3.31. The highest BCUT2D eigenvalue weighted by atomic mass is 32.1. The topological polar surface area (TPSA) is 76.2 Å². The van der Waals surface area contributed by atoms with E-state index in [1.165, 1.54) is 23.5 Å². The van der Waals surface area contributed by atoms with Crippen molar-refractivity contribution in [2.45, 2.75) is 13.0 Å². The van der Waals surface area contributed by atoms with Crippen LogP contribution in [0.1, 0.15) is 17.3 Å². The van der Waals surface area contributed by atoms with E-state index in [-0.39, 0.29) is 11.5 Å². The van der Waals surface area contributed by atoms with Gasteiger partial charge in [0.05, 0.1) is 5.69 Å². The van der Waals surface area contributed by atoms with E-state index in [1.54, 1.807) is 18.4 Å². The number of carboxylic acid groups (broad SMARTS) is 1. The minimum Gasteiger partial charge on any atom is -0.480 e. The van der Waals surface area contributed by atoms with Gasteiger partial charge in [0, 0.05) is 10.9 Å². The van der Waals surface area contributed by atoms with E-state index < -0.39 is 12.0 Å². The molecule has 0 amide bonds. The summed E-state index contributed by atoms with van der Waals surface area (Å²) in [6.45, 7) is 1.78. The van der Waals surface area contributed by atoms with E-state index in [2.05, 4.69) is 4.98 Å². The zero-order valence-corrected chi connectivity index (χ0v) is 10.4. The molecule has 0 aliphatic rings. The Balaban J connectivity index is 2.37. The lowest BCUT2D eigenvalue weighted by Crippen LogP contribution is -2.20. The second-order valence-electron chi connectivity index (χ2n) is 3.91. The Morgan fingerprint density at radius 2 is 2.22 bits per heavy atom. The molecule has 0 bridgehead atoms. The predicted octanol–water partition coefficient (Wildman–Crippen LogP) is 2.34. The Hall–Kier alpha value is -1.79. The van der Waals surface area contributed by atoms with Crippen molar-refractivity contribution >= 4 is 17.3 Å². The molecule has 0 radical (unpaired) electrons. The van der Waals surface area contributed by atoms with Gasteiger partial charge in [-0.2, -0.15) is 0 Å². The maximum atomic E-state index is 13.3. The number of aliphatic carboxylic acids is 1. The van der Waals surface area contributed by atoms with Crippen molar-refractivity contribution in [1.82, 2.24) is 4.98 Å². The molecule has 1 aromatic carbocycles. The molecule has 2 aromatic rings. The highest BCUT2D eigenvalue weighted by Crippen LogP contribution is 2.27. The molecule has 1 aromatic heterocycles. The Kier molecular flexibility index (Phi) is 3.40. The van der Waals surface area contributed by atoms with Crippen LogP contribution in [-0.2, 0) is 4.79 Å². The molecule has 0 fully saturated rings. The van der Waals surface area contributed by atoms with Crippen LogP contribution in [0.4, 0.5) is 4.39 Å². The van der Waals surface area contributed by atoms with E-state index in [0.29, 0.717) is 10.6 Å². The summed E-state index contributed by atoms with van der Waals surface area (Å²) in [7, 11) is 0. The van der Waals surface area contributed by atoms with Crippen LogP contribution in [0, 0.1) is 12.7 Å². The maximum absolute atomic E-state index is 13.3. The van der Waals surface area contributed by atoms with Gasteiger partial charge in [-0.25, -0.2) is 9.37 Å². The minimum atomic E-state index is -1.15. The number of thiazole rings is 1. The van der Waals surface area contributed by atoms with E-state index in [9.17, 15) is 9.18 Å². The molecule has 1 unspecified atom stereocenters. The average Bonchev–Trinajstić information content (AvgIpc) is 2.75. The fourth-order valence-corrected chi connectivity index (χ4v) is 2.39. The van der Waals surface area contributed by atoms with Gasteiger partial charge in [0.1, 0.15) is 16.9 Å². The van der Waals surface area contributed by atoms with Gasteiger partial charge in [-0.3, -0.25) is 4.79 Å². The molecule has 3 N–H and O–H groups in total. The van der Waals surface area contributed by atoms with Crippen molar-refractivity contribution in [1.29, 1.82) is 0 Å². The number of hydrogen-bond donors (Lipinski definition) is 2. The Labute approximate surface area is 107 Å². The highest BCUT2D eigenvalue weighted by Gasteiger charge is 2.18. The third kappa shape index (κ3) is 2.55. The van der Waals surface area contributed by atoms with Gasteiger partial charge in [0.15, 0.2) is 0 Å².